The predicted molar refractivity (Wildman–Crippen MR) is 180 cm³/mol. The Morgan fingerprint density at radius 3 is 2.18 bits per heavy atom. The zero-order valence-electron chi connectivity index (χ0n) is 23.1. The predicted octanol–water partition coefficient (Wildman–Crippen LogP) is 10.2. The molecule has 0 spiro atoms. The summed E-state index contributed by atoms with van der Waals surface area (Å²) in [6.07, 6.45) is 0. The lowest BCUT2D eigenvalue weighted by Gasteiger charge is -2.06. The van der Waals surface area contributed by atoms with E-state index in [9.17, 15) is 4.79 Å². The second-order valence-electron chi connectivity index (χ2n) is 11.1. The van der Waals surface area contributed by atoms with Crippen LogP contribution in [0.3, 0.4) is 0 Å². The summed E-state index contributed by atoms with van der Waals surface area (Å²) >= 11 is 1.53. The molecule has 0 saturated heterocycles. The van der Waals surface area contributed by atoms with E-state index in [0.717, 1.165) is 76.3 Å². The lowest BCUT2D eigenvalue weighted by atomic mass is 9.99. The molecule has 6 heteroatoms. The van der Waals surface area contributed by atoms with Crippen LogP contribution in [0.4, 0.5) is 0 Å². The van der Waals surface area contributed by atoms with Crippen LogP contribution in [0.15, 0.2) is 135 Å². The first-order valence-electron chi connectivity index (χ1n) is 14.4. The van der Waals surface area contributed by atoms with Crippen LogP contribution in [0.1, 0.15) is 0 Å². The Hall–Kier alpha value is -5.72. The molecule has 0 unspecified atom stereocenters. The lowest BCUT2D eigenvalue weighted by Crippen LogP contribution is -2.13. The highest BCUT2D eigenvalue weighted by Gasteiger charge is 2.16. The molecule has 0 saturated carbocycles. The van der Waals surface area contributed by atoms with E-state index in [0.29, 0.717) is 15.9 Å². The molecule has 0 fully saturated rings. The zero-order chi connectivity index (χ0) is 28.9. The van der Waals surface area contributed by atoms with Crippen LogP contribution >= 0.6 is 11.3 Å². The maximum Gasteiger partial charge on any atom is 0.266 e. The van der Waals surface area contributed by atoms with Gasteiger partial charge in [-0.2, -0.15) is 0 Å². The number of para-hydroxylation sites is 2. The van der Waals surface area contributed by atoms with E-state index in [1.54, 1.807) is 4.40 Å². The minimum absolute atomic E-state index is 0.0604. The van der Waals surface area contributed by atoms with Gasteiger partial charge in [-0.15, -0.1) is 0 Å². The Kier molecular flexibility index (Phi) is 4.68. The Labute approximate surface area is 252 Å². The van der Waals surface area contributed by atoms with Gasteiger partial charge in [-0.25, -0.2) is 4.98 Å². The van der Waals surface area contributed by atoms with Crippen molar-refractivity contribution < 1.29 is 8.83 Å². The fourth-order valence-corrected chi connectivity index (χ4v) is 7.66. The van der Waals surface area contributed by atoms with Gasteiger partial charge in [0.25, 0.3) is 5.56 Å². The molecular formula is C38H20N2O3S. The molecule has 10 rings (SSSR count). The number of rotatable bonds is 2. The highest BCUT2D eigenvalue weighted by Crippen LogP contribution is 2.39. The van der Waals surface area contributed by atoms with Gasteiger partial charge in [0.15, 0.2) is 4.96 Å². The van der Waals surface area contributed by atoms with Gasteiger partial charge in [0.05, 0.1) is 21.1 Å². The molecule has 4 aromatic heterocycles. The molecular weight excluding hydrogens is 564 g/mol. The van der Waals surface area contributed by atoms with Crippen molar-refractivity contribution in [3.63, 3.8) is 0 Å². The van der Waals surface area contributed by atoms with Gasteiger partial charge in [-0.05, 0) is 76.9 Å². The van der Waals surface area contributed by atoms with Crippen molar-refractivity contribution in [3.8, 4) is 22.3 Å². The van der Waals surface area contributed by atoms with Crippen LogP contribution in [0.2, 0.25) is 0 Å². The molecule has 5 nitrogen and oxygen atoms in total. The zero-order valence-corrected chi connectivity index (χ0v) is 23.9. The third-order valence-electron chi connectivity index (χ3n) is 8.66. The van der Waals surface area contributed by atoms with Crippen molar-refractivity contribution in [3.05, 3.63) is 132 Å². The maximum atomic E-state index is 13.8. The van der Waals surface area contributed by atoms with E-state index in [2.05, 4.69) is 42.5 Å². The second-order valence-corrected chi connectivity index (χ2v) is 12.1. The van der Waals surface area contributed by atoms with Crippen LogP contribution in [-0.2, 0) is 0 Å². The fraction of sp³-hybridized carbons (Fsp3) is 0. The van der Waals surface area contributed by atoms with Crippen LogP contribution < -0.4 is 5.56 Å². The fourth-order valence-electron chi connectivity index (χ4n) is 6.59. The number of nitrogens with zero attached hydrogens (tertiary/aromatic N) is 2. The molecule has 4 heterocycles. The molecule has 0 atom stereocenters. The van der Waals surface area contributed by atoms with Crippen molar-refractivity contribution in [2.24, 2.45) is 0 Å². The molecule has 0 amide bonds. The molecule has 0 radical (unpaired) electrons. The molecule has 0 aliphatic heterocycles. The lowest BCUT2D eigenvalue weighted by molar-refractivity contribution is 0.668. The Bertz CT molecular complexity index is 2870. The van der Waals surface area contributed by atoms with E-state index in [-0.39, 0.29) is 5.56 Å². The number of aromatic nitrogens is 2. The number of hydrogen-bond acceptors (Lipinski definition) is 5. The monoisotopic (exact) mass is 584 g/mol. The topological polar surface area (TPSA) is 60.7 Å². The van der Waals surface area contributed by atoms with Crippen molar-refractivity contribution in [2.75, 3.05) is 0 Å². The molecule has 0 aliphatic rings. The first-order chi connectivity index (χ1) is 21.7. The van der Waals surface area contributed by atoms with Crippen LogP contribution in [0, 0.1) is 0 Å². The van der Waals surface area contributed by atoms with Gasteiger partial charge in [0.1, 0.15) is 22.3 Å². The minimum atomic E-state index is -0.0604. The highest BCUT2D eigenvalue weighted by molar-refractivity contribution is 7.23. The summed E-state index contributed by atoms with van der Waals surface area (Å²) < 4.78 is 14.9. The Morgan fingerprint density at radius 1 is 0.568 bits per heavy atom. The molecule has 6 aromatic carbocycles. The van der Waals surface area contributed by atoms with Crippen molar-refractivity contribution in [1.29, 1.82) is 0 Å². The summed E-state index contributed by atoms with van der Waals surface area (Å²) in [6.45, 7) is 0. The molecule has 0 N–H and O–H groups in total. The first kappa shape index (κ1) is 23.8. The first-order valence-corrected chi connectivity index (χ1v) is 15.2. The second kappa shape index (κ2) is 8.66. The molecule has 44 heavy (non-hydrogen) atoms. The van der Waals surface area contributed by atoms with E-state index in [1.807, 2.05) is 78.9 Å². The average molecular weight is 585 g/mol. The van der Waals surface area contributed by atoms with Gasteiger partial charge >= 0.3 is 0 Å². The summed E-state index contributed by atoms with van der Waals surface area (Å²) in [5, 5.41) is 4.94. The third kappa shape index (κ3) is 3.28. The van der Waals surface area contributed by atoms with Crippen molar-refractivity contribution in [2.45, 2.75) is 0 Å². The number of hydrogen-bond donors (Lipinski definition) is 0. The average Bonchev–Trinajstić information content (AvgIpc) is 3.74. The third-order valence-corrected chi connectivity index (χ3v) is 9.67. The Morgan fingerprint density at radius 2 is 1.27 bits per heavy atom. The van der Waals surface area contributed by atoms with Crippen molar-refractivity contribution in [1.82, 2.24) is 9.38 Å². The number of benzene rings is 6. The molecule has 0 aliphatic carbocycles. The summed E-state index contributed by atoms with van der Waals surface area (Å²) in [5.41, 5.74) is 9.18. The summed E-state index contributed by atoms with van der Waals surface area (Å²) in [6, 6.07) is 40.8. The van der Waals surface area contributed by atoms with Crippen LogP contribution in [-0.4, -0.2) is 9.38 Å². The van der Waals surface area contributed by atoms with Crippen molar-refractivity contribution >= 4 is 81.3 Å². The smallest absolute Gasteiger partial charge is 0.266 e. The van der Waals surface area contributed by atoms with E-state index < -0.39 is 0 Å². The van der Waals surface area contributed by atoms with Gasteiger partial charge in [0.2, 0.25) is 0 Å². The van der Waals surface area contributed by atoms with Gasteiger partial charge in [-0.1, -0.05) is 78.1 Å². The van der Waals surface area contributed by atoms with Crippen LogP contribution in [0.5, 0.6) is 0 Å². The van der Waals surface area contributed by atoms with Gasteiger partial charge in [0, 0.05) is 21.5 Å². The summed E-state index contributed by atoms with van der Waals surface area (Å²) in [5.74, 6) is 0. The Balaban J connectivity index is 1.14. The standard InChI is InChI=1S/C38H20N2O3S/c41-37-26-15-12-22(21-14-17-33-28(18-21)25-6-1-3-9-31(25)42-33)19-29(26)39-38-40(37)30-16-13-23(20-35(30)44-38)24-8-5-11-34-36(24)27-7-2-4-10-32(27)43-34/h1-20H. The van der Waals surface area contributed by atoms with E-state index >= 15 is 0 Å². The number of furan rings is 2. The van der Waals surface area contributed by atoms with Crippen LogP contribution in [0.25, 0.3) is 92.2 Å². The molecule has 10 aromatic rings. The van der Waals surface area contributed by atoms with Gasteiger partial charge < -0.3 is 8.83 Å². The molecule has 0 bridgehead atoms. The number of thiazole rings is 1. The molecule has 206 valence electrons. The quantitative estimate of drug-likeness (QED) is 0.203. The SMILES string of the molecule is O=c1c2ccc(-c3ccc4oc5ccccc5c4c3)cc2nc2sc3cc(-c4cccc5oc6ccccc6c45)ccc3n12. The van der Waals surface area contributed by atoms with Gasteiger partial charge in [-0.3, -0.25) is 9.20 Å². The summed E-state index contributed by atoms with van der Waals surface area (Å²) in [7, 11) is 0. The normalized spacial score (nSPS) is 12.2. The van der Waals surface area contributed by atoms with E-state index in [1.165, 1.54) is 11.3 Å². The maximum absolute atomic E-state index is 13.8. The number of fused-ring (bicyclic) bond motifs is 10. The summed E-state index contributed by atoms with van der Waals surface area (Å²) in [4.78, 5) is 19.5. The highest BCUT2D eigenvalue weighted by atomic mass is 32.1. The van der Waals surface area contributed by atoms with E-state index in [4.69, 9.17) is 13.8 Å². The largest absolute Gasteiger partial charge is 0.456 e. The minimum Gasteiger partial charge on any atom is -0.456 e.